The summed E-state index contributed by atoms with van der Waals surface area (Å²) in [4.78, 5) is 16.7. The maximum absolute atomic E-state index is 12.5. The highest BCUT2D eigenvalue weighted by atomic mass is 16.5. The molecule has 0 aliphatic carbocycles. The minimum atomic E-state index is -0.468. The van der Waals surface area contributed by atoms with Gasteiger partial charge in [-0.25, -0.2) is 0 Å². The van der Waals surface area contributed by atoms with Crippen molar-refractivity contribution in [1.82, 2.24) is 14.4 Å². The zero-order valence-electron chi connectivity index (χ0n) is 17.2. The Balaban J connectivity index is 1.23. The van der Waals surface area contributed by atoms with Crippen LogP contribution < -0.4 is 0 Å². The first-order valence-corrected chi connectivity index (χ1v) is 11.0. The monoisotopic (exact) mass is 407 g/mol. The van der Waals surface area contributed by atoms with Gasteiger partial charge in [0.1, 0.15) is 6.10 Å². The average Bonchev–Trinajstić information content (AvgIpc) is 3.42. The van der Waals surface area contributed by atoms with Crippen LogP contribution in [0, 0.1) is 0 Å². The molecule has 0 spiro atoms. The number of piperazine rings is 1. The van der Waals surface area contributed by atoms with Gasteiger partial charge in [-0.3, -0.25) is 9.69 Å². The van der Waals surface area contributed by atoms with Crippen molar-refractivity contribution in [1.29, 1.82) is 0 Å². The SMILES string of the molecule is O=C(C1CCCO1)N1CCN(CC(O)Cn2c3ccccc3c3ccccc32)CC1. The summed E-state index contributed by atoms with van der Waals surface area (Å²) in [6, 6.07) is 16.8. The standard InChI is InChI=1S/C24H29N3O3/c28-18(16-25-11-13-26(14-12-25)24(29)23-10-5-15-30-23)17-27-21-8-3-1-6-19(21)20-7-2-4-9-22(20)27/h1-4,6-9,18,23,28H,5,10-17H2. The molecule has 0 radical (unpaired) electrons. The second-order valence-electron chi connectivity index (χ2n) is 8.43. The highest BCUT2D eigenvalue weighted by Crippen LogP contribution is 2.29. The van der Waals surface area contributed by atoms with Crippen LogP contribution in [0.15, 0.2) is 48.5 Å². The number of ether oxygens (including phenoxy) is 1. The van der Waals surface area contributed by atoms with Crippen molar-refractivity contribution in [2.45, 2.75) is 31.6 Å². The summed E-state index contributed by atoms with van der Waals surface area (Å²) in [5.41, 5.74) is 2.31. The Morgan fingerprint density at radius 1 is 0.967 bits per heavy atom. The molecule has 1 amide bonds. The lowest BCUT2D eigenvalue weighted by Crippen LogP contribution is -2.52. The van der Waals surface area contributed by atoms with Crippen LogP contribution in [0.2, 0.25) is 0 Å². The maximum Gasteiger partial charge on any atom is 0.251 e. The molecule has 2 aliphatic heterocycles. The molecule has 6 nitrogen and oxygen atoms in total. The third-order valence-electron chi connectivity index (χ3n) is 6.43. The summed E-state index contributed by atoms with van der Waals surface area (Å²) in [7, 11) is 0. The molecule has 1 N–H and O–H groups in total. The van der Waals surface area contributed by atoms with Gasteiger partial charge in [-0.1, -0.05) is 36.4 Å². The van der Waals surface area contributed by atoms with Crippen LogP contribution in [-0.2, 0) is 16.1 Å². The number of nitrogens with zero attached hydrogens (tertiary/aromatic N) is 3. The molecule has 2 atom stereocenters. The number of amides is 1. The largest absolute Gasteiger partial charge is 0.390 e. The van der Waals surface area contributed by atoms with E-state index in [2.05, 4.69) is 45.9 Å². The van der Waals surface area contributed by atoms with Gasteiger partial charge in [-0.2, -0.15) is 0 Å². The van der Waals surface area contributed by atoms with Gasteiger partial charge in [0.05, 0.1) is 12.6 Å². The van der Waals surface area contributed by atoms with Gasteiger partial charge in [-0.05, 0) is 25.0 Å². The molecule has 3 aromatic rings. The zero-order chi connectivity index (χ0) is 20.5. The van der Waals surface area contributed by atoms with Gasteiger partial charge >= 0.3 is 0 Å². The highest BCUT2D eigenvalue weighted by Gasteiger charge is 2.30. The predicted octanol–water partition coefficient (Wildman–Crippen LogP) is 2.48. The molecule has 1 aromatic heterocycles. The van der Waals surface area contributed by atoms with Crippen LogP contribution in [0.25, 0.3) is 21.8 Å². The third kappa shape index (κ3) is 3.71. The fourth-order valence-corrected chi connectivity index (χ4v) is 4.89. The second kappa shape index (κ2) is 8.38. The van der Waals surface area contributed by atoms with Crippen molar-refractivity contribution < 1.29 is 14.6 Å². The van der Waals surface area contributed by atoms with E-state index in [1.807, 2.05) is 17.0 Å². The lowest BCUT2D eigenvalue weighted by atomic mass is 10.2. The van der Waals surface area contributed by atoms with Crippen molar-refractivity contribution in [2.75, 3.05) is 39.3 Å². The number of aliphatic hydroxyl groups excluding tert-OH is 1. The smallest absolute Gasteiger partial charge is 0.251 e. The van der Waals surface area contributed by atoms with E-state index in [-0.39, 0.29) is 12.0 Å². The molecule has 2 aromatic carbocycles. The van der Waals surface area contributed by atoms with E-state index in [1.165, 1.54) is 10.8 Å². The third-order valence-corrected chi connectivity index (χ3v) is 6.43. The number of rotatable bonds is 5. The second-order valence-corrected chi connectivity index (χ2v) is 8.43. The fourth-order valence-electron chi connectivity index (χ4n) is 4.89. The highest BCUT2D eigenvalue weighted by molar-refractivity contribution is 6.07. The Morgan fingerprint density at radius 2 is 1.60 bits per heavy atom. The lowest BCUT2D eigenvalue weighted by molar-refractivity contribution is -0.142. The lowest BCUT2D eigenvalue weighted by Gasteiger charge is -2.36. The molecule has 30 heavy (non-hydrogen) atoms. The molecule has 0 saturated carbocycles. The van der Waals surface area contributed by atoms with Gasteiger partial charge in [0.15, 0.2) is 0 Å². The molecular formula is C24H29N3O3. The van der Waals surface area contributed by atoms with E-state index in [0.717, 1.165) is 37.0 Å². The Kier molecular flexibility index (Phi) is 5.46. The van der Waals surface area contributed by atoms with Crippen LogP contribution >= 0.6 is 0 Å². The Labute approximate surface area is 176 Å². The van der Waals surface area contributed by atoms with E-state index >= 15 is 0 Å². The number of para-hydroxylation sites is 2. The van der Waals surface area contributed by atoms with E-state index in [0.29, 0.717) is 32.8 Å². The summed E-state index contributed by atoms with van der Waals surface area (Å²) in [5.74, 6) is 0.137. The Morgan fingerprint density at radius 3 is 2.20 bits per heavy atom. The first-order valence-electron chi connectivity index (χ1n) is 11.0. The fraction of sp³-hybridized carbons (Fsp3) is 0.458. The van der Waals surface area contributed by atoms with Crippen molar-refractivity contribution in [3.05, 3.63) is 48.5 Å². The molecule has 0 bridgehead atoms. The van der Waals surface area contributed by atoms with E-state index in [9.17, 15) is 9.90 Å². The first-order chi connectivity index (χ1) is 14.7. The number of aromatic nitrogens is 1. The first kappa shape index (κ1) is 19.5. The molecule has 3 heterocycles. The van der Waals surface area contributed by atoms with E-state index in [1.54, 1.807) is 0 Å². The van der Waals surface area contributed by atoms with E-state index < -0.39 is 6.10 Å². The van der Waals surface area contributed by atoms with Crippen LogP contribution in [0.1, 0.15) is 12.8 Å². The van der Waals surface area contributed by atoms with Gasteiger partial charge < -0.3 is 19.3 Å². The van der Waals surface area contributed by atoms with Crippen molar-refractivity contribution in [2.24, 2.45) is 0 Å². The summed E-state index contributed by atoms with van der Waals surface area (Å²) >= 11 is 0. The minimum absolute atomic E-state index is 0.137. The van der Waals surface area contributed by atoms with Crippen molar-refractivity contribution >= 4 is 27.7 Å². The molecule has 158 valence electrons. The number of hydrogen-bond donors (Lipinski definition) is 1. The zero-order valence-corrected chi connectivity index (χ0v) is 17.2. The number of β-amino-alcohol motifs (C(OH)–C–C–N with tert-alkyl or cyclic N) is 1. The number of hydrogen-bond acceptors (Lipinski definition) is 4. The normalized spacial score (nSPS) is 21.5. The van der Waals surface area contributed by atoms with Crippen LogP contribution in [0.4, 0.5) is 0 Å². The number of fused-ring (bicyclic) bond motifs is 3. The van der Waals surface area contributed by atoms with Crippen LogP contribution in [0.3, 0.4) is 0 Å². The number of benzene rings is 2. The molecule has 2 unspecified atom stereocenters. The maximum atomic E-state index is 12.5. The number of carbonyl (C=O) groups excluding carboxylic acids is 1. The van der Waals surface area contributed by atoms with Crippen LogP contribution in [0.5, 0.6) is 0 Å². The quantitative estimate of drug-likeness (QED) is 0.706. The van der Waals surface area contributed by atoms with Gasteiger partial charge in [0.2, 0.25) is 0 Å². The minimum Gasteiger partial charge on any atom is -0.390 e. The van der Waals surface area contributed by atoms with Crippen molar-refractivity contribution in [3.8, 4) is 0 Å². The molecule has 5 rings (SSSR count). The van der Waals surface area contributed by atoms with Gasteiger partial charge in [0.25, 0.3) is 5.91 Å². The van der Waals surface area contributed by atoms with E-state index in [4.69, 9.17) is 4.74 Å². The topological polar surface area (TPSA) is 57.9 Å². The number of carbonyl (C=O) groups is 1. The summed E-state index contributed by atoms with van der Waals surface area (Å²) < 4.78 is 7.77. The summed E-state index contributed by atoms with van der Waals surface area (Å²) in [5, 5.41) is 13.3. The Bertz CT molecular complexity index is 979. The summed E-state index contributed by atoms with van der Waals surface area (Å²) in [6.45, 7) is 4.88. The predicted molar refractivity (Wildman–Crippen MR) is 117 cm³/mol. The van der Waals surface area contributed by atoms with Gasteiger partial charge in [0, 0.05) is 61.1 Å². The van der Waals surface area contributed by atoms with Gasteiger partial charge in [-0.15, -0.1) is 0 Å². The van der Waals surface area contributed by atoms with Crippen LogP contribution in [-0.4, -0.2) is 76.9 Å². The average molecular weight is 408 g/mol. The molecular weight excluding hydrogens is 378 g/mol. The van der Waals surface area contributed by atoms with Crippen molar-refractivity contribution in [3.63, 3.8) is 0 Å². The number of aliphatic hydroxyl groups is 1. The summed E-state index contributed by atoms with van der Waals surface area (Å²) in [6.07, 6.45) is 1.11. The Hall–Kier alpha value is -2.41. The molecule has 2 aliphatic rings. The molecule has 2 saturated heterocycles. The molecule has 2 fully saturated rings. The molecule has 6 heteroatoms.